The third-order valence-electron chi connectivity index (χ3n) is 2.83. The van der Waals surface area contributed by atoms with E-state index in [4.69, 9.17) is 18.0 Å². The highest BCUT2D eigenvalue weighted by molar-refractivity contribution is 7.99. The Morgan fingerprint density at radius 2 is 2.12 bits per heavy atom. The number of thioether (sulfide) groups is 1. The standard InChI is InChI=1S/C12H15FN2S2/c13-10-1-2-11(12(14)16)9(7-10)8-15-3-5-17-6-4-15/h1-2,7H,3-6,8H2,(H2,14,16). The van der Waals surface area contributed by atoms with E-state index in [0.29, 0.717) is 4.99 Å². The molecule has 1 aliphatic rings. The molecular weight excluding hydrogens is 255 g/mol. The number of halogens is 1. The Morgan fingerprint density at radius 1 is 1.41 bits per heavy atom. The molecule has 1 aromatic carbocycles. The normalized spacial score (nSPS) is 17.0. The summed E-state index contributed by atoms with van der Waals surface area (Å²) in [5, 5.41) is 0. The van der Waals surface area contributed by atoms with Gasteiger partial charge in [-0.05, 0) is 23.8 Å². The van der Waals surface area contributed by atoms with Crippen molar-refractivity contribution in [3.05, 3.63) is 35.1 Å². The van der Waals surface area contributed by atoms with Gasteiger partial charge in [-0.2, -0.15) is 11.8 Å². The van der Waals surface area contributed by atoms with Crippen LogP contribution in [0.5, 0.6) is 0 Å². The molecular formula is C12H15FN2S2. The van der Waals surface area contributed by atoms with E-state index in [9.17, 15) is 4.39 Å². The van der Waals surface area contributed by atoms with Crippen LogP contribution < -0.4 is 5.73 Å². The van der Waals surface area contributed by atoms with Crippen LogP contribution >= 0.6 is 24.0 Å². The van der Waals surface area contributed by atoms with Crippen LogP contribution in [-0.2, 0) is 6.54 Å². The number of benzene rings is 1. The van der Waals surface area contributed by atoms with Crippen LogP contribution in [0, 0.1) is 5.82 Å². The summed E-state index contributed by atoms with van der Waals surface area (Å²) in [6.07, 6.45) is 0. The second-order valence-electron chi connectivity index (χ2n) is 4.05. The molecule has 0 unspecified atom stereocenters. The molecule has 0 amide bonds. The Kier molecular flexibility index (Phi) is 4.36. The first-order valence-corrected chi connectivity index (χ1v) is 7.11. The van der Waals surface area contributed by atoms with Gasteiger partial charge in [0, 0.05) is 36.7 Å². The third-order valence-corrected chi connectivity index (χ3v) is 3.99. The molecule has 1 aromatic rings. The molecule has 17 heavy (non-hydrogen) atoms. The first kappa shape index (κ1) is 12.8. The molecule has 2 N–H and O–H groups in total. The molecule has 0 atom stereocenters. The SMILES string of the molecule is NC(=S)c1ccc(F)cc1CN1CCSCC1. The van der Waals surface area contributed by atoms with E-state index in [-0.39, 0.29) is 5.82 Å². The molecule has 0 aliphatic carbocycles. The van der Waals surface area contributed by atoms with Gasteiger partial charge in [-0.3, -0.25) is 4.90 Å². The summed E-state index contributed by atoms with van der Waals surface area (Å²) in [6, 6.07) is 4.62. The fourth-order valence-corrected chi connectivity index (χ4v) is 3.11. The Bertz CT molecular complexity index is 417. The minimum Gasteiger partial charge on any atom is -0.389 e. The highest BCUT2D eigenvalue weighted by Gasteiger charge is 2.14. The second-order valence-corrected chi connectivity index (χ2v) is 5.72. The summed E-state index contributed by atoms with van der Waals surface area (Å²) < 4.78 is 13.3. The maximum Gasteiger partial charge on any atom is 0.123 e. The van der Waals surface area contributed by atoms with Gasteiger partial charge in [0.15, 0.2) is 0 Å². The van der Waals surface area contributed by atoms with Gasteiger partial charge in [0.1, 0.15) is 10.8 Å². The van der Waals surface area contributed by atoms with Crippen molar-refractivity contribution in [1.82, 2.24) is 4.90 Å². The maximum atomic E-state index is 13.3. The van der Waals surface area contributed by atoms with Crippen molar-refractivity contribution in [2.75, 3.05) is 24.6 Å². The summed E-state index contributed by atoms with van der Waals surface area (Å²) in [6.45, 7) is 2.81. The zero-order valence-electron chi connectivity index (χ0n) is 9.49. The van der Waals surface area contributed by atoms with Crippen molar-refractivity contribution in [3.8, 4) is 0 Å². The first-order valence-electron chi connectivity index (χ1n) is 5.55. The van der Waals surface area contributed by atoms with Crippen LogP contribution in [0.1, 0.15) is 11.1 Å². The zero-order chi connectivity index (χ0) is 12.3. The lowest BCUT2D eigenvalue weighted by molar-refractivity contribution is 0.294. The summed E-state index contributed by atoms with van der Waals surface area (Å²) in [5.74, 6) is 2.04. The smallest absolute Gasteiger partial charge is 0.123 e. The van der Waals surface area contributed by atoms with E-state index in [1.54, 1.807) is 6.07 Å². The first-order chi connectivity index (χ1) is 8.16. The van der Waals surface area contributed by atoms with Gasteiger partial charge in [0.2, 0.25) is 0 Å². The van der Waals surface area contributed by atoms with E-state index < -0.39 is 0 Å². The molecule has 1 aliphatic heterocycles. The molecule has 0 spiro atoms. The van der Waals surface area contributed by atoms with Crippen LogP contribution in [0.3, 0.4) is 0 Å². The molecule has 5 heteroatoms. The molecule has 1 heterocycles. The van der Waals surface area contributed by atoms with E-state index >= 15 is 0 Å². The number of thiocarbonyl (C=S) groups is 1. The Labute approximate surface area is 110 Å². The van der Waals surface area contributed by atoms with Crippen molar-refractivity contribution in [3.63, 3.8) is 0 Å². The molecule has 0 bridgehead atoms. The van der Waals surface area contributed by atoms with Crippen LogP contribution in [-0.4, -0.2) is 34.5 Å². The molecule has 0 aromatic heterocycles. The molecule has 1 fully saturated rings. The largest absolute Gasteiger partial charge is 0.389 e. The lowest BCUT2D eigenvalue weighted by Crippen LogP contribution is -2.32. The molecule has 0 radical (unpaired) electrons. The minimum absolute atomic E-state index is 0.230. The molecule has 92 valence electrons. The lowest BCUT2D eigenvalue weighted by atomic mass is 10.1. The van der Waals surface area contributed by atoms with Crippen LogP contribution in [0.4, 0.5) is 4.39 Å². The van der Waals surface area contributed by atoms with Crippen LogP contribution in [0.2, 0.25) is 0 Å². The van der Waals surface area contributed by atoms with Crippen molar-refractivity contribution < 1.29 is 4.39 Å². The third kappa shape index (κ3) is 3.40. The summed E-state index contributed by atoms with van der Waals surface area (Å²) in [5.41, 5.74) is 7.34. The van der Waals surface area contributed by atoms with Gasteiger partial charge in [-0.25, -0.2) is 4.39 Å². The van der Waals surface area contributed by atoms with Crippen LogP contribution in [0.25, 0.3) is 0 Å². The van der Waals surface area contributed by atoms with Crippen LogP contribution in [0.15, 0.2) is 18.2 Å². The summed E-state index contributed by atoms with van der Waals surface area (Å²) >= 11 is 6.95. The molecule has 2 rings (SSSR count). The predicted octanol–water partition coefficient (Wildman–Crippen LogP) is 2.01. The minimum atomic E-state index is -0.230. The van der Waals surface area contributed by atoms with Crippen molar-refractivity contribution in [2.45, 2.75) is 6.54 Å². The maximum absolute atomic E-state index is 13.3. The summed E-state index contributed by atoms with van der Waals surface area (Å²) in [7, 11) is 0. The Morgan fingerprint density at radius 3 is 2.76 bits per heavy atom. The fourth-order valence-electron chi connectivity index (χ4n) is 1.93. The second kappa shape index (κ2) is 5.80. The number of hydrogen-bond donors (Lipinski definition) is 1. The number of nitrogens with zero attached hydrogens (tertiary/aromatic N) is 1. The summed E-state index contributed by atoms with van der Waals surface area (Å²) in [4.78, 5) is 2.65. The predicted molar refractivity (Wildman–Crippen MR) is 74.9 cm³/mol. The molecule has 2 nitrogen and oxygen atoms in total. The average Bonchev–Trinajstić information content (AvgIpc) is 2.30. The number of hydrogen-bond acceptors (Lipinski definition) is 3. The van der Waals surface area contributed by atoms with E-state index in [2.05, 4.69) is 4.90 Å². The van der Waals surface area contributed by atoms with Gasteiger partial charge in [0.25, 0.3) is 0 Å². The molecule has 0 saturated carbocycles. The highest BCUT2D eigenvalue weighted by Crippen LogP contribution is 2.17. The van der Waals surface area contributed by atoms with Crippen molar-refractivity contribution in [1.29, 1.82) is 0 Å². The number of nitrogens with two attached hydrogens (primary N) is 1. The van der Waals surface area contributed by atoms with E-state index in [1.807, 2.05) is 11.8 Å². The Hall–Kier alpha value is -0.650. The van der Waals surface area contributed by atoms with E-state index in [0.717, 1.165) is 42.3 Å². The average molecular weight is 270 g/mol. The monoisotopic (exact) mass is 270 g/mol. The fraction of sp³-hybridized carbons (Fsp3) is 0.417. The highest BCUT2D eigenvalue weighted by atomic mass is 32.2. The topological polar surface area (TPSA) is 29.3 Å². The van der Waals surface area contributed by atoms with Gasteiger partial charge in [-0.15, -0.1) is 0 Å². The van der Waals surface area contributed by atoms with E-state index in [1.165, 1.54) is 12.1 Å². The van der Waals surface area contributed by atoms with Crippen molar-refractivity contribution in [2.24, 2.45) is 5.73 Å². The van der Waals surface area contributed by atoms with Crippen molar-refractivity contribution >= 4 is 29.0 Å². The quantitative estimate of drug-likeness (QED) is 0.851. The lowest BCUT2D eigenvalue weighted by Gasteiger charge is -2.26. The molecule has 1 saturated heterocycles. The van der Waals surface area contributed by atoms with Gasteiger partial charge >= 0.3 is 0 Å². The Balaban J connectivity index is 2.17. The zero-order valence-corrected chi connectivity index (χ0v) is 11.1. The number of rotatable bonds is 3. The van der Waals surface area contributed by atoms with Gasteiger partial charge < -0.3 is 5.73 Å². The van der Waals surface area contributed by atoms with Gasteiger partial charge in [-0.1, -0.05) is 12.2 Å². The van der Waals surface area contributed by atoms with Gasteiger partial charge in [0.05, 0.1) is 0 Å².